The third-order valence-corrected chi connectivity index (χ3v) is 5.06. The van der Waals surface area contributed by atoms with Crippen molar-refractivity contribution in [2.45, 2.75) is 6.18 Å². The molecule has 0 unspecified atom stereocenters. The van der Waals surface area contributed by atoms with Crippen LogP contribution in [-0.4, -0.2) is 29.4 Å². The first-order valence-corrected chi connectivity index (χ1v) is 9.91. The Balaban J connectivity index is 1.93. The fourth-order valence-corrected chi connectivity index (χ4v) is 3.41. The summed E-state index contributed by atoms with van der Waals surface area (Å²) in [7, 11) is 1.55. The van der Waals surface area contributed by atoms with Crippen LogP contribution in [0.4, 0.5) is 19.0 Å². The predicted octanol–water partition coefficient (Wildman–Crippen LogP) is 5.69. The minimum absolute atomic E-state index is 0.00846. The van der Waals surface area contributed by atoms with Crippen LogP contribution in [0, 0.1) is 0 Å². The first kappa shape index (κ1) is 21.7. The van der Waals surface area contributed by atoms with E-state index < -0.39 is 12.7 Å². The van der Waals surface area contributed by atoms with Gasteiger partial charge < -0.3 is 10.1 Å². The van der Waals surface area contributed by atoms with E-state index in [1.807, 2.05) is 0 Å². The van der Waals surface area contributed by atoms with Crippen molar-refractivity contribution in [3.05, 3.63) is 82.1 Å². The minimum Gasteiger partial charge on any atom is -0.497 e. The number of halogens is 4. The number of alkyl halides is 3. The summed E-state index contributed by atoms with van der Waals surface area (Å²) in [6, 6.07) is 18.3. The Morgan fingerprint density at radius 3 is 2.34 bits per heavy atom. The average molecular weight is 460 g/mol. The largest absolute Gasteiger partial charge is 0.497 e. The Morgan fingerprint density at radius 1 is 1.03 bits per heavy atom. The Kier molecular flexibility index (Phi) is 5.80. The summed E-state index contributed by atoms with van der Waals surface area (Å²) in [5, 5.41) is 3.33. The van der Waals surface area contributed by atoms with E-state index in [0.29, 0.717) is 33.0 Å². The molecule has 0 amide bonds. The molecule has 2 aromatic heterocycles. The molecule has 0 bridgehead atoms. The molecule has 9 heteroatoms. The lowest BCUT2D eigenvalue weighted by atomic mass is 10.1. The zero-order valence-electron chi connectivity index (χ0n) is 16.8. The summed E-state index contributed by atoms with van der Waals surface area (Å²) in [6.45, 7) is -1.24. The van der Waals surface area contributed by atoms with Gasteiger partial charge in [-0.1, -0.05) is 23.7 Å². The van der Waals surface area contributed by atoms with E-state index in [1.165, 1.54) is 10.6 Å². The number of pyridine rings is 2. The summed E-state index contributed by atoms with van der Waals surface area (Å²) < 4.78 is 44.4. The third kappa shape index (κ3) is 4.55. The van der Waals surface area contributed by atoms with Crippen molar-refractivity contribution < 1.29 is 17.9 Å². The highest BCUT2D eigenvalue weighted by molar-refractivity contribution is 6.30. The number of benzene rings is 2. The van der Waals surface area contributed by atoms with Gasteiger partial charge in [0.25, 0.3) is 5.56 Å². The molecule has 0 aliphatic carbocycles. The standard InChI is InChI=1S/C23H17ClF3N3O2/c1-32-18-9-2-14(3-10-18)19-12-15-4-11-20(28-13-23(25,26)27)29-21(15)30(22(19)31)17-7-5-16(24)6-8-17/h2-12H,13H2,1H3,(H,28,29). The van der Waals surface area contributed by atoms with Gasteiger partial charge in [-0.3, -0.25) is 9.36 Å². The van der Waals surface area contributed by atoms with Crippen LogP contribution in [0.2, 0.25) is 5.02 Å². The van der Waals surface area contributed by atoms with Crippen molar-refractivity contribution in [1.29, 1.82) is 0 Å². The van der Waals surface area contributed by atoms with E-state index in [-0.39, 0.29) is 17.0 Å². The summed E-state index contributed by atoms with van der Waals surface area (Å²) >= 11 is 5.99. The van der Waals surface area contributed by atoms with Crippen LogP contribution in [0.5, 0.6) is 5.75 Å². The van der Waals surface area contributed by atoms with E-state index in [9.17, 15) is 18.0 Å². The Bertz CT molecular complexity index is 1320. The van der Waals surface area contributed by atoms with Crippen LogP contribution < -0.4 is 15.6 Å². The molecule has 4 rings (SSSR count). The number of methoxy groups -OCH3 is 1. The molecular formula is C23H17ClF3N3O2. The monoisotopic (exact) mass is 459 g/mol. The summed E-state index contributed by atoms with van der Waals surface area (Å²) in [4.78, 5) is 17.8. The summed E-state index contributed by atoms with van der Waals surface area (Å²) in [6.07, 6.45) is -4.40. The zero-order valence-corrected chi connectivity index (χ0v) is 17.5. The second-order valence-electron chi connectivity index (χ2n) is 6.98. The zero-order chi connectivity index (χ0) is 22.9. The Labute approximate surface area is 186 Å². The number of nitrogens with one attached hydrogen (secondary N) is 1. The van der Waals surface area contributed by atoms with Crippen molar-refractivity contribution in [2.24, 2.45) is 0 Å². The maximum atomic E-state index is 13.5. The maximum absolute atomic E-state index is 13.5. The molecular weight excluding hydrogens is 443 g/mol. The summed E-state index contributed by atoms with van der Waals surface area (Å²) in [5.74, 6) is 0.656. The van der Waals surface area contributed by atoms with Crippen LogP contribution in [0.1, 0.15) is 0 Å². The van der Waals surface area contributed by atoms with Gasteiger partial charge in [0.15, 0.2) is 0 Å². The van der Waals surface area contributed by atoms with Crippen LogP contribution in [-0.2, 0) is 0 Å². The molecule has 32 heavy (non-hydrogen) atoms. The number of rotatable bonds is 5. The Hall–Kier alpha value is -3.52. The second-order valence-corrected chi connectivity index (χ2v) is 7.42. The molecule has 1 N–H and O–H groups in total. The van der Waals surface area contributed by atoms with Gasteiger partial charge in [0, 0.05) is 16.0 Å². The first-order chi connectivity index (χ1) is 15.2. The van der Waals surface area contributed by atoms with Gasteiger partial charge >= 0.3 is 6.18 Å². The lowest BCUT2D eigenvalue weighted by molar-refractivity contribution is -0.115. The van der Waals surface area contributed by atoms with Gasteiger partial charge in [0.05, 0.1) is 12.8 Å². The molecule has 4 aromatic rings. The van der Waals surface area contributed by atoms with E-state index >= 15 is 0 Å². The predicted molar refractivity (Wildman–Crippen MR) is 119 cm³/mol. The Morgan fingerprint density at radius 2 is 1.72 bits per heavy atom. The van der Waals surface area contributed by atoms with Crippen molar-refractivity contribution >= 4 is 28.5 Å². The van der Waals surface area contributed by atoms with E-state index in [0.717, 1.165) is 0 Å². The van der Waals surface area contributed by atoms with Crippen molar-refractivity contribution in [3.63, 3.8) is 0 Å². The van der Waals surface area contributed by atoms with Crippen molar-refractivity contribution in [3.8, 4) is 22.6 Å². The number of hydrogen-bond donors (Lipinski definition) is 1. The molecule has 0 aliphatic rings. The molecule has 164 valence electrons. The van der Waals surface area contributed by atoms with Gasteiger partial charge in [0.1, 0.15) is 23.8 Å². The van der Waals surface area contributed by atoms with Gasteiger partial charge in [-0.05, 0) is 60.2 Å². The fraction of sp³-hybridized carbons (Fsp3) is 0.130. The van der Waals surface area contributed by atoms with Gasteiger partial charge in [-0.25, -0.2) is 4.98 Å². The number of anilines is 1. The quantitative estimate of drug-likeness (QED) is 0.416. The maximum Gasteiger partial charge on any atom is 0.405 e. The van der Waals surface area contributed by atoms with Crippen LogP contribution in [0.3, 0.4) is 0 Å². The van der Waals surface area contributed by atoms with Gasteiger partial charge in [-0.15, -0.1) is 0 Å². The van der Waals surface area contributed by atoms with Crippen molar-refractivity contribution in [2.75, 3.05) is 19.0 Å². The van der Waals surface area contributed by atoms with Gasteiger partial charge in [-0.2, -0.15) is 13.2 Å². The number of ether oxygens (including phenoxy) is 1. The lowest BCUT2D eigenvalue weighted by Crippen LogP contribution is -2.23. The SMILES string of the molecule is COc1ccc(-c2cc3ccc(NCC(F)(F)F)nc3n(-c3ccc(Cl)cc3)c2=O)cc1. The van der Waals surface area contributed by atoms with Crippen LogP contribution >= 0.6 is 11.6 Å². The van der Waals surface area contributed by atoms with E-state index in [4.69, 9.17) is 16.3 Å². The second kappa shape index (κ2) is 8.55. The molecule has 0 fully saturated rings. The topological polar surface area (TPSA) is 56.1 Å². The molecule has 0 atom stereocenters. The third-order valence-electron chi connectivity index (χ3n) is 4.81. The molecule has 0 saturated carbocycles. The molecule has 5 nitrogen and oxygen atoms in total. The highest BCUT2D eigenvalue weighted by atomic mass is 35.5. The molecule has 2 heterocycles. The molecule has 2 aromatic carbocycles. The number of fused-ring (bicyclic) bond motifs is 1. The number of aromatic nitrogens is 2. The smallest absolute Gasteiger partial charge is 0.405 e. The molecule has 0 spiro atoms. The van der Waals surface area contributed by atoms with Crippen molar-refractivity contribution in [1.82, 2.24) is 9.55 Å². The normalized spacial score (nSPS) is 11.5. The van der Waals surface area contributed by atoms with Gasteiger partial charge in [0.2, 0.25) is 0 Å². The molecule has 0 saturated heterocycles. The highest BCUT2D eigenvalue weighted by Gasteiger charge is 2.27. The minimum atomic E-state index is -4.40. The van der Waals surface area contributed by atoms with E-state index in [2.05, 4.69) is 10.3 Å². The number of hydrogen-bond acceptors (Lipinski definition) is 4. The molecule has 0 radical (unpaired) electrons. The fourth-order valence-electron chi connectivity index (χ4n) is 3.28. The van der Waals surface area contributed by atoms with Crippen LogP contribution in [0.25, 0.3) is 27.8 Å². The number of nitrogens with zero attached hydrogens (tertiary/aromatic N) is 2. The summed E-state index contributed by atoms with van der Waals surface area (Å²) in [5.41, 5.74) is 1.42. The average Bonchev–Trinajstić information content (AvgIpc) is 2.78. The van der Waals surface area contributed by atoms with E-state index in [1.54, 1.807) is 67.8 Å². The lowest BCUT2D eigenvalue weighted by Gasteiger charge is -2.15. The van der Waals surface area contributed by atoms with Crippen LogP contribution in [0.15, 0.2) is 71.5 Å². The first-order valence-electron chi connectivity index (χ1n) is 9.53. The molecule has 0 aliphatic heterocycles. The highest BCUT2D eigenvalue weighted by Crippen LogP contribution is 2.26.